The molecule has 1 saturated heterocycles. The SMILES string of the molecule is Cc1ccc(OCCC2CCCNC2)cc1CNC(=O)C(Cc1c[nH]c2ccccc12)NC(=O)CCC(=O)O. The Morgan fingerprint density at radius 3 is 2.77 bits per heavy atom. The van der Waals surface area contributed by atoms with E-state index in [0.717, 1.165) is 52.9 Å². The molecule has 2 atom stereocenters. The monoisotopic (exact) mass is 534 g/mol. The number of carboxylic acid groups (broad SMARTS) is 1. The van der Waals surface area contributed by atoms with Crippen molar-refractivity contribution in [3.8, 4) is 5.75 Å². The molecule has 3 aromatic rings. The van der Waals surface area contributed by atoms with E-state index in [2.05, 4.69) is 20.9 Å². The van der Waals surface area contributed by atoms with Gasteiger partial charge in [-0.05, 0) is 80.1 Å². The molecule has 9 nitrogen and oxygen atoms in total. The van der Waals surface area contributed by atoms with Crippen LogP contribution in [-0.2, 0) is 27.3 Å². The van der Waals surface area contributed by atoms with Gasteiger partial charge in [-0.15, -0.1) is 0 Å². The molecule has 0 bridgehead atoms. The highest BCUT2D eigenvalue weighted by Crippen LogP contribution is 2.21. The quantitative estimate of drug-likeness (QED) is 0.228. The van der Waals surface area contributed by atoms with Gasteiger partial charge >= 0.3 is 5.97 Å². The molecule has 39 heavy (non-hydrogen) atoms. The maximum absolute atomic E-state index is 13.3. The van der Waals surface area contributed by atoms with Gasteiger partial charge in [0.2, 0.25) is 11.8 Å². The highest BCUT2D eigenvalue weighted by Gasteiger charge is 2.23. The number of fused-ring (bicyclic) bond motifs is 1. The van der Waals surface area contributed by atoms with Crippen LogP contribution in [0.2, 0.25) is 0 Å². The first-order valence-electron chi connectivity index (χ1n) is 13.7. The summed E-state index contributed by atoms with van der Waals surface area (Å²) in [5.74, 6) is -0.457. The summed E-state index contributed by atoms with van der Waals surface area (Å²) < 4.78 is 6.02. The van der Waals surface area contributed by atoms with Crippen molar-refractivity contribution >= 4 is 28.7 Å². The van der Waals surface area contributed by atoms with E-state index in [4.69, 9.17) is 9.84 Å². The minimum atomic E-state index is -1.06. The zero-order valence-corrected chi connectivity index (χ0v) is 22.4. The number of aromatic nitrogens is 1. The Hall–Kier alpha value is -3.85. The molecular weight excluding hydrogens is 496 g/mol. The van der Waals surface area contributed by atoms with Crippen molar-refractivity contribution < 1.29 is 24.2 Å². The van der Waals surface area contributed by atoms with Gasteiger partial charge in [-0.2, -0.15) is 0 Å². The van der Waals surface area contributed by atoms with E-state index in [1.807, 2.05) is 55.6 Å². The maximum Gasteiger partial charge on any atom is 0.303 e. The molecule has 0 aliphatic carbocycles. The third kappa shape index (κ3) is 8.32. The van der Waals surface area contributed by atoms with Gasteiger partial charge in [-0.1, -0.05) is 24.3 Å². The molecule has 5 N–H and O–H groups in total. The Labute approximate surface area is 228 Å². The van der Waals surface area contributed by atoms with Crippen LogP contribution in [0.5, 0.6) is 5.75 Å². The number of piperidine rings is 1. The van der Waals surface area contributed by atoms with Crippen LogP contribution in [0.25, 0.3) is 10.9 Å². The molecule has 1 aliphatic heterocycles. The van der Waals surface area contributed by atoms with Crippen LogP contribution in [-0.4, -0.2) is 53.6 Å². The normalized spacial score (nSPS) is 16.0. The first-order chi connectivity index (χ1) is 18.9. The first-order valence-corrected chi connectivity index (χ1v) is 13.7. The molecule has 4 rings (SSSR count). The van der Waals surface area contributed by atoms with Gasteiger partial charge in [0.25, 0.3) is 0 Å². The summed E-state index contributed by atoms with van der Waals surface area (Å²) in [5.41, 5.74) is 3.79. The summed E-state index contributed by atoms with van der Waals surface area (Å²) in [7, 11) is 0. The molecule has 1 aromatic heterocycles. The van der Waals surface area contributed by atoms with E-state index in [9.17, 15) is 14.4 Å². The van der Waals surface area contributed by atoms with Crippen LogP contribution in [0.15, 0.2) is 48.7 Å². The number of carbonyl (C=O) groups excluding carboxylic acids is 2. The van der Waals surface area contributed by atoms with Gasteiger partial charge < -0.3 is 30.8 Å². The minimum Gasteiger partial charge on any atom is -0.494 e. The van der Waals surface area contributed by atoms with Crippen molar-refractivity contribution in [2.24, 2.45) is 5.92 Å². The van der Waals surface area contributed by atoms with Crippen molar-refractivity contribution in [2.45, 2.75) is 58.0 Å². The number of aromatic amines is 1. The molecular formula is C30H38N4O5. The van der Waals surface area contributed by atoms with Gasteiger partial charge in [0.05, 0.1) is 13.0 Å². The molecule has 0 radical (unpaired) electrons. The third-order valence-electron chi connectivity index (χ3n) is 7.28. The van der Waals surface area contributed by atoms with E-state index in [1.54, 1.807) is 0 Å². The van der Waals surface area contributed by atoms with Crippen LogP contribution in [0.4, 0.5) is 0 Å². The Morgan fingerprint density at radius 1 is 1.13 bits per heavy atom. The minimum absolute atomic E-state index is 0.192. The number of ether oxygens (including phenoxy) is 1. The third-order valence-corrected chi connectivity index (χ3v) is 7.28. The van der Waals surface area contributed by atoms with Crippen LogP contribution < -0.4 is 20.7 Å². The number of nitrogens with one attached hydrogen (secondary N) is 4. The summed E-state index contributed by atoms with van der Waals surface area (Å²) in [6.07, 6.45) is 5.06. The van der Waals surface area contributed by atoms with Gasteiger partial charge in [0, 0.05) is 36.5 Å². The number of benzene rings is 2. The molecule has 9 heteroatoms. The summed E-state index contributed by atoms with van der Waals surface area (Å²) in [6.45, 7) is 5.05. The number of rotatable bonds is 13. The lowest BCUT2D eigenvalue weighted by atomic mass is 9.97. The van der Waals surface area contributed by atoms with Crippen LogP contribution in [0, 0.1) is 12.8 Å². The molecule has 2 heterocycles. The number of aryl methyl sites for hydroxylation is 1. The van der Waals surface area contributed by atoms with E-state index in [0.29, 0.717) is 12.5 Å². The van der Waals surface area contributed by atoms with E-state index < -0.39 is 17.9 Å². The summed E-state index contributed by atoms with van der Waals surface area (Å²) in [6, 6.07) is 12.8. The van der Waals surface area contributed by atoms with Crippen LogP contribution in [0.3, 0.4) is 0 Å². The lowest BCUT2D eigenvalue weighted by molar-refractivity contribution is -0.139. The average molecular weight is 535 g/mol. The first kappa shape index (κ1) is 28.2. The molecule has 2 amide bonds. The zero-order valence-electron chi connectivity index (χ0n) is 22.4. The zero-order chi connectivity index (χ0) is 27.6. The Kier molecular flexibility index (Phi) is 9.97. The van der Waals surface area contributed by atoms with E-state index in [-0.39, 0.29) is 31.7 Å². The fourth-order valence-electron chi connectivity index (χ4n) is 4.96. The number of amides is 2. The molecule has 1 aliphatic rings. The Bertz CT molecular complexity index is 1280. The highest BCUT2D eigenvalue weighted by atomic mass is 16.5. The van der Waals surface area contributed by atoms with E-state index >= 15 is 0 Å². The van der Waals surface area contributed by atoms with Crippen molar-refractivity contribution in [3.05, 3.63) is 65.4 Å². The number of hydrogen-bond donors (Lipinski definition) is 5. The second-order valence-electron chi connectivity index (χ2n) is 10.2. The Morgan fingerprint density at radius 2 is 1.97 bits per heavy atom. The van der Waals surface area contributed by atoms with Gasteiger partial charge in [-0.25, -0.2) is 0 Å². The molecule has 208 valence electrons. The molecule has 0 saturated carbocycles. The maximum atomic E-state index is 13.3. The standard InChI is InChI=1S/C30H38N4O5/c1-20-8-9-24(39-14-12-21-5-4-13-31-17-21)15-22(20)18-33-30(38)27(34-28(35)10-11-29(36)37)16-23-19-32-26-7-3-2-6-25(23)26/h2-3,6-9,15,19,21,27,31-32H,4-5,10-14,16-18H2,1H3,(H,33,38)(H,34,35)(H,36,37). The molecule has 2 aromatic carbocycles. The molecule has 2 unspecified atom stereocenters. The number of carboxylic acids is 1. The van der Waals surface area contributed by atoms with Crippen molar-refractivity contribution in [2.75, 3.05) is 19.7 Å². The second kappa shape index (κ2) is 13.8. The van der Waals surface area contributed by atoms with Gasteiger partial charge in [0.1, 0.15) is 11.8 Å². The summed E-state index contributed by atoms with van der Waals surface area (Å²) in [5, 5.41) is 19.0. The average Bonchev–Trinajstić information content (AvgIpc) is 3.35. The summed E-state index contributed by atoms with van der Waals surface area (Å²) >= 11 is 0. The number of aliphatic carboxylic acids is 1. The second-order valence-corrected chi connectivity index (χ2v) is 10.2. The Balaban J connectivity index is 1.39. The van der Waals surface area contributed by atoms with Gasteiger partial charge in [-0.3, -0.25) is 14.4 Å². The van der Waals surface area contributed by atoms with Crippen molar-refractivity contribution in [3.63, 3.8) is 0 Å². The fourth-order valence-corrected chi connectivity index (χ4v) is 4.96. The van der Waals surface area contributed by atoms with Crippen molar-refractivity contribution in [1.29, 1.82) is 0 Å². The van der Waals surface area contributed by atoms with Crippen LogP contribution in [0.1, 0.15) is 48.8 Å². The van der Waals surface area contributed by atoms with E-state index in [1.165, 1.54) is 12.8 Å². The van der Waals surface area contributed by atoms with Crippen LogP contribution >= 0.6 is 0 Å². The number of para-hydroxylation sites is 1. The van der Waals surface area contributed by atoms with Gasteiger partial charge in [0.15, 0.2) is 0 Å². The molecule has 1 fully saturated rings. The largest absolute Gasteiger partial charge is 0.494 e. The number of carbonyl (C=O) groups is 3. The smallest absolute Gasteiger partial charge is 0.303 e. The number of H-pyrrole nitrogens is 1. The predicted molar refractivity (Wildman–Crippen MR) is 150 cm³/mol. The highest BCUT2D eigenvalue weighted by molar-refractivity contribution is 5.90. The fraction of sp³-hybridized carbons (Fsp3) is 0.433. The lowest BCUT2D eigenvalue weighted by Gasteiger charge is -2.22. The lowest BCUT2D eigenvalue weighted by Crippen LogP contribution is -2.47. The molecule has 0 spiro atoms. The number of hydrogen-bond acceptors (Lipinski definition) is 5. The predicted octanol–water partition coefficient (Wildman–Crippen LogP) is 3.45. The summed E-state index contributed by atoms with van der Waals surface area (Å²) in [4.78, 5) is 39.9. The van der Waals surface area contributed by atoms with Crippen molar-refractivity contribution in [1.82, 2.24) is 20.9 Å². The topological polar surface area (TPSA) is 133 Å².